The van der Waals surface area contributed by atoms with Gasteiger partial charge < -0.3 is 9.67 Å². The van der Waals surface area contributed by atoms with Crippen LogP contribution in [0.15, 0.2) is 23.2 Å². The fraction of sp³-hybridized carbons (Fsp3) is 0.375. The number of hydrogen-bond acceptors (Lipinski definition) is 4. The average Bonchev–Trinajstić information content (AvgIpc) is 2.72. The summed E-state index contributed by atoms with van der Waals surface area (Å²) in [5.41, 5.74) is 3.99. The number of aromatic nitrogens is 1. The van der Waals surface area contributed by atoms with Crippen molar-refractivity contribution in [3.05, 3.63) is 44.7 Å². The molecule has 0 unspecified atom stereocenters. The lowest BCUT2D eigenvalue weighted by Crippen LogP contribution is -2.18. The molecule has 0 fully saturated rings. The van der Waals surface area contributed by atoms with Crippen LogP contribution in [0.25, 0.3) is 0 Å². The Labute approximate surface area is 128 Å². The van der Waals surface area contributed by atoms with Gasteiger partial charge in [0, 0.05) is 19.2 Å². The first kappa shape index (κ1) is 15.7. The highest BCUT2D eigenvalue weighted by Gasteiger charge is 2.13. The molecule has 2 aromatic rings. The van der Waals surface area contributed by atoms with E-state index in [1.54, 1.807) is 6.92 Å². The lowest BCUT2D eigenvalue weighted by atomic mass is 10.1. The molecule has 0 spiro atoms. The van der Waals surface area contributed by atoms with Crippen LogP contribution >= 0.6 is 11.3 Å². The summed E-state index contributed by atoms with van der Waals surface area (Å²) >= 11 is 1.38. The molecule has 0 radical (unpaired) electrons. The van der Waals surface area contributed by atoms with Crippen molar-refractivity contribution in [3.8, 4) is 0 Å². The third-order valence-electron chi connectivity index (χ3n) is 3.45. The summed E-state index contributed by atoms with van der Waals surface area (Å²) in [6.45, 7) is 7.97. The molecule has 0 aliphatic carbocycles. The van der Waals surface area contributed by atoms with Crippen LogP contribution in [0.1, 0.15) is 33.4 Å². The van der Waals surface area contributed by atoms with Crippen molar-refractivity contribution in [1.29, 1.82) is 0 Å². The third kappa shape index (κ3) is 3.14. The van der Waals surface area contributed by atoms with Gasteiger partial charge in [0.05, 0.1) is 17.2 Å². The van der Waals surface area contributed by atoms with Gasteiger partial charge in [-0.1, -0.05) is 29.5 Å². The highest BCUT2D eigenvalue weighted by Crippen LogP contribution is 2.23. The number of Topliss-reactive ketones (excluding diaryl/α,β-unsaturated/α-hetero) is 1. The van der Waals surface area contributed by atoms with Gasteiger partial charge in [-0.15, -0.1) is 0 Å². The Morgan fingerprint density at radius 2 is 1.90 bits per heavy atom. The fourth-order valence-electron chi connectivity index (χ4n) is 2.34. The first-order valence-corrected chi connectivity index (χ1v) is 7.70. The van der Waals surface area contributed by atoms with E-state index in [0.29, 0.717) is 11.4 Å². The number of thiazole rings is 1. The van der Waals surface area contributed by atoms with Crippen molar-refractivity contribution in [3.63, 3.8) is 0 Å². The standard InChI is InChI=1S/C16H20N2O2S/c1-10-6-5-7-11(2)14(10)17-16-18(8-9-19)12(3)15(21-16)13(4)20/h5-7,19H,8-9H2,1-4H3. The number of aryl methyl sites for hydroxylation is 2. The van der Waals surface area contributed by atoms with Gasteiger partial charge in [0.15, 0.2) is 10.6 Å². The molecule has 1 N–H and O–H groups in total. The lowest BCUT2D eigenvalue weighted by Gasteiger charge is -2.06. The maximum atomic E-state index is 11.7. The predicted octanol–water partition coefficient (Wildman–Crippen LogP) is 2.90. The van der Waals surface area contributed by atoms with Gasteiger partial charge in [-0.3, -0.25) is 4.79 Å². The molecule has 1 aromatic carbocycles. The molecule has 5 heteroatoms. The number of carbonyl (C=O) groups excluding carboxylic acids is 1. The van der Waals surface area contributed by atoms with E-state index < -0.39 is 0 Å². The lowest BCUT2D eigenvalue weighted by molar-refractivity contribution is 0.102. The minimum atomic E-state index is 0.0227. The second-order valence-electron chi connectivity index (χ2n) is 5.08. The van der Waals surface area contributed by atoms with Crippen molar-refractivity contribution in [1.82, 2.24) is 4.57 Å². The zero-order valence-electron chi connectivity index (χ0n) is 12.8. The normalized spacial score (nSPS) is 12.0. The summed E-state index contributed by atoms with van der Waals surface area (Å²) in [5.74, 6) is 0.0344. The molecule has 0 saturated heterocycles. The Bertz CT molecular complexity index is 721. The Kier molecular flexibility index (Phi) is 4.75. The Morgan fingerprint density at radius 1 is 1.29 bits per heavy atom. The van der Waals surface area contributed by atoms with Crippen LogP contribution in [0.3, 0.4) is 0 Å². The maximum Gasteiger partial charge on any atom is 0.190 e. The molecule has 1 heterocycles. The zero-order chi connectivity index (χ0) is 15.6. The minimum Gasteiger partial charge on any atom is -0.395 e. The van der Waals surface area contributed by atoms with Crippen molar-refractivity contribution >= 4 is 22.8 Å². The molecule has 1 aromatic heterocycles. The summed E-state index contributed by atoms with van der Waals surface area (Å²) in [4.78, 5) is 17.9. The molecular weight excluding hydrogens is 284 g/mol. The number of para-hydroxylation sites is 1. The number of benzene rings is 1. The van der Waals surface area contributed by atoms with Crippen LogP contribution in [-0.2, 0) is 6.54 Å². The summed E-state index contributed by atoms with van der Waals surface area (Å²) in [6.07, 6.45) is 0. The number of ketones is 1. The van der Waals surface area contributed by atoms with Crippen LogP contribution in [0.5, 0.6) is 0 Å². The van der Waals surface area contributed by atoms with Gasteiger partial charge in [0.2, 0.25) is 0 Å². The van der Waals surface area contributed by atoms with E-state index in [1.807, 2.05) is 43.5 Å². The van der Waals surface area contributed by atoms with Gasteiger partial charge in [-0.05, 0) is 31.9 Å². The maximum absolute atomic E-state index is 11.7. The van der Waals surface area contributed by atoms with Crippen LogP contribution in [0.2, 0.25) is 0 Å². The first-order chi connectivity index (χ1) is 9.95. The SMILES string of the molecule is CC(=O)c1sc(=Nc2c(C)cccc2C)n(CCO)c1C. The van der Waals surface area contributed by atoms with Crippen molar-refractivity contribution in [2.24, 2.45) is 4.99 Å². The summed E-state index contributed by atoms with van der Waals surface area (Å²) in [6, 6.07) is 6.05. The van der Waals surface area contributed by atoms with Gasteiger partial charge in [0.25, 0.3) is 0 Å². The zero-order valence-corrected chi connectivity index (χ0v) is 13.6. The van der Waals surface area contributed by atoms with E-state index in [-0.39, 0.29) is 12.4 Å². The molecule has 0 amide bonds. The highest BCUT2D eigenvalue weighted by atomic mass is 32.1. The number of aliphatic hydroxyl groups is 1. The van der Waals surface area contributed by atoms with Gasteiger partial charge in [-0.2, -0.15) is 0 Å². The third-order valence-corrected chi connectivity index (χ3v) is 4.73. The van der Waals surface area contributed by atoms with Crippen molar-refractivity contribution < 1.29 is 9.90 Å². The molecule has 0 atom stereocenters. The number of aliphatic hydroxyl groups excluding tert-OH is 1. The van der Waals surface area contributed by atoms with E-state index in [2.05, 4.69) is 0 Å². The summed E-state index contributed by atoms with van der Waals surface area (Å²) < 4.78 is 1.91. The van der Waals surface area contributed by atoms with Crippen molar-refractivity contribution in [2.45, 2.75) is 34.2 Å². The van der Waals surface area contributed by atoms with Gasteiger partial charge >= 0.3 is 0 Å². The van der Waals surface area contributed by atoms with E-state index in [4.69, 9.17) is 4.99 Å². The topological polar surface area (TPSA) is 54.6 Å². The van der Waals surface area contributed by atoms with Crippen LogP contribution < -0.4 is 4.80 Å². The molecule has 4 nitrogen and oxygen atoms in total. The van der Waals surface area contributed by atoms with Crippen LogP contribution in [0.4, 0.5) is 5.69 Å². The monoisotopic (exact) mass is 304 g/mol. The predicted molar refractivity (Wildman–Crippen MR) is 85.3 cm³/mol. The molecule has 0 aliphatic rings. The highest BCUT2D eigenvalue weighted by molar-refractivity contribution is 7.11. The van der Waals surface area contributed by atoms with E-state index in [0.717, 1.165) is 27.3 Å². The van der Waals surface area contributed by atoms with Crippen LogP contribution in [0, 0.1) is 20.8 Å². The van der Waals surface area contributed by atoms with E-state index >= 15 is 0 Å². The molecule has 0 aliphatic heterocycles. The Morgan fingerprint density at radius 3 is 2.43 bits per heavy atom. The largest absolute Gasteiger partial charge is 0.395 e. The number of rotatable bonds is 4. The van der Waals surface area contributed by atoms with E-state index in [1.165, 1.54) is 11.3 Å². The Balaban J connectivity index is 2.70. The minimum absolute atomic E-state index is 0.0227. The summed E-state index contributed by atoms with van der Waals surface area (Å²) in [5, 5.41) is 9.25. The van der Waals surface area contributed by atoms with Crippen LogP contribution in [-0.4, -0.2) is 22.1 Å². The average molecular weight is 304 g/mol. The number of hydrogen-bond donors (Lipinski definition) is 1. The number of nitrogens with zero attached hydrogens (tertiary/aromatic N) is 2. The first-order valence-electron chi connectivity index (χ1n) is 6.88. The van der Waals surface area contributed by atoms with Crippen molar-refractivity contribution in [2.75, 3.05) is 6.61 Å². The molecular formula is C16H20N2O2S. The smallest absolute Gasteiger partial charge is 0.190 e. The molecule has 0 saturated carbocycles. The Hall–Kier alpha value is -1.72. The fourth-order valence-corrected chi connectivity index (χ4v) is 3.40. The van der Waals surface area contributed by atoms with Gasteiger partial charge in [0.1, 0.15) is 0 Å². The quantitative estimate of drug-likeness (QED) is 0.883. The van der Waals surface area contributed by atoms with Gasteiger partial charge in [-0.25, -0.2) is 4.99 Å². The molecule has 0 bridgehead atoms. The van der Waals surface area contributed by atoms with E-state index in [9.17, 15) is 9.90 Å². The molecule has 21 heavy (non-hydrogen) atoms. The second kappa shape index (κ2) is 6.37. The molecule has 2 rings (SSSR count). The number of carbonyl (C=O) groups is 1. The summed E-state index contributed by atoms with van der Waals surface area (Å²) in [7, 11) is 0. The second-order valence-corrected chi connectivity index (χ2v) is 6.06. The molecule has 112 valence electrons.